The van der Waals surface area contributed by atoms with Crippen LogP contribution in [0.15, 0.2) is 18.2 Å². The van der Waals surface area contributed by atoms with E-state index in [1.165, 1.54) is 24.0 Å². The minimum absolute atomic E-state index is 0.155. The van der Waals surface area contributed by atoms with Crippen LogP contribution in [0.1, 0.15) is 57.2 Å². The van der Waals surface area contributed by atoms with Crippen LogP contribution in [0.2, 0.25) is 0 Å². The molecule has 2 aliphatic rings. The van der Waals surface area contributed by atoms with Gasteiger partial charge in [-0.05, 0) is 75.0 Å². The summed E-state index contributed by atoms with van der Waals surface area (Å²) in [5.74, 6) is 0. The van der Waals surface area contributed by atoms with Gasteiger partial charge in [0.1, 0.15) is 5.60 Å². The van der Waals surface area contributed by atoms with Gasteiger partial charge in [0.05, 0.1) is 0 Å². The molecule has 0 bridgehead atoms. The highest BCUT2D eigenvalue weighted by Gasteiger charge is 2.41. The van der Waals surface area contributed by atoms with E-state index < -0.39 is 5.60 Å². The Bertz CT molecular complexity index is 592. The standard InChI is InChI=1S/C20H29NO2/c1-5-15-7-6-8-16-13-20(14-17(15)16)9-11-21(12-10-20)18(22)23-19(2,3)4/h6-8H,5,9-14H2,1-4H3. The van der Waals surface area contributed by atoms with Gasteiger partial charge in [0.25, 0.3) is 0 Å². The Balaban J connectivity index is 1.65. The lowest BCUT2D eigenvalue weighted by atomic mass is 9.76. The molecule has 3 nitrogen and oxygen atoms in total. The van der Waals surface area contributed by atoms with Crippen molar-refractivity contribution in [3.8, 4) is 0 Å². The number of carbonyl (C=O) groups excluding carboxylic acids is 1. The Hall–Kier alpha value is -1.51. The number of piperidine rings is 1. The molecule has 23 heavy (non-hydrogen) atoms. The largest absolute Gasteiger partial charge is 0.444 e. The molecule has 1 fully saturated rings. The highest BCUT2D eigenvalue weighted by atomic mass is 16.6. The SMILES string of the molecule is CCc1cccc2c1CC1(CCN(C(=O)OC(C)(C)C)CC1)C2. The first-order valence-corrected chi connectivity index (χ1v) is 8.89. The highest BCUT2D eigenvalue weighted by molar-refractivity contribution is 5.68. The van der Waals surface area contributed by atoms with Gasteiger partial charge in [-0.15, -0.1) is 0 Å². The van der Waals surface area contributed by atoms with Crippen molar-refractivity contribution in [1.29, 1.82) is 0 Å². The van der Waals surface area contributed by atoms with Crippen LogP contribution in [-0.4, -0.2) is 29.7 Å². The van der Waals surface area contributed by atoms with Gasteiger partial charge in [0, 0.05) is 13.1 Å². The fourth-order valence-corrected chi connectivity index (χ4v) is 4.10. The molecule has 1 saturated heterocycles. The third-order valence-electron chi connectivity index (χ3n) is 5.34. The summed E-state index contributed by atoms with van der Waals surface area (Å²) < 4.78 is 5.51. The fraction of sp³-hybridized carbons (Fsp3) is 0.650. The number of rotatable bonds is 1. The molecule has 1 aliphatic heterocycles. The van der Waals surface area contributed by atoms with Gasteiger partial charge < -0.3 is 9.64 Å². The monoisotopic (exact) mass is 315 g/mol. The molecule has 3 rings (SSSR count). The number of likely N-dealkylation sites (tertiary alicyclic amines) is 1. The summed E-state index contributed by atoms with van der Waals surface area (Å²) in [4.78, 5) is 14.1. The molecule has 0 radical (unpaired) electrons. The van der Waals surface area contributed by atoms with Gasteiger partial charge in [-0.2, -0.15) is 0 Å². The quantitative estimate of drug-likeness (QED) is 0.770. The minimum atomic E-state index is -0.411. The van der Waals surface area contributed by atoms with E-state index in [0.717, 1.165) is 32.4 Å². The molecule has 1 aromatic carbocycles. The smallest absolute Gasteiger partial charge is 0.410 e. The van der Waals surface area contributed by atoms with Crippen molar-refractivity contribution in [3.05, 3.63) is 34.9 Å². The number of carbonyl (C=O) groups is 1. The molecule has 0 unspecified atom stereocenters. The molecule has 0 atom stereocenters. The lowest BCUT2D eigenvalue weighted by molar-refractivity contribution is 0.0111. The molecule has 0 saturated carbocycles. The summed E-state index contributed by atoms with van der Waals surface area (Å²) >= 11 is 0. The summed E-state index contributed by atoms with van der Waals surface area (Å²) in [6, 6.07) is 6.77. The first kappa shape index (κ1) is 16.4. The Morgan fingerprint density at radius 2 is 1.91 bits per heavy atom. The van der Waals surface area contributed by atoms with Gasteiger partial charge in [0.2, 0.25) is 0 Å². The lowest BCUT2D eigenvalue weighted by Crippen LogP contribution is -2.45. The van der Waals surface area contributed by atoms with Gasteiger partial charge in [-0.1, -0.05) is 25.1 Å². The number of benzene rings is 1. The predicted octanol–water partition coefficient (Wildman–Crippen LogP) is 4.36. The Morgan fingerprint density at radius 1 is 1.22 bits per heavy atom. The van der Waals surface area contributed by atoms with Crippen molar-refractivity contribution in [3.63, 3.8) is 0 Å². The highest BCUT2D eigenvalue weighted by Crippen LogP contribution is 2.45. The van der Waals surface area contributed by atoms with Crippen molar-refractivity contribution in [2.75, 3.05) is 13.1 Å². The minimum Gasteiger partial charge on any atom is -0.444 e. The Kier molecular flexibility index (Phi) is 4.16. The van der Waals surface area contributed by atoms with Crippen LogP contribution in [0.3, 0.4) is 0 Å². The predicted molar refractivity (Wildman–Crippen MR) is 92.7 cm³/mol. The van der Waals surface area contributed by atoms with Crippen LogP contribution in [-0.2, 0) is 24.0 Å². The molecule has 3 heteroatoms. The lowest BCUT2D eigenvalue weighted by Gasteiger charge is -2.39. The molecule has 1 amide bonds. The maximum atomic E-state index is 12.2. The first-order chi connectivity index (χ1) is 10.8. The maximum Gasteiger partial charge on any atom is 0.410 e. The summed E-state index contributed by atoms with van der Waals surface area (Å²) in [6.07, 6.45) is 5.50. The zero-order valence-corrected chi connectivity index (χ0v) is 14.9. The second-order valence-corrected chi connectivity index (χ2v) is 8.23. The number of amides is 1. The van der Waals surface area contributed by atoms with E-state index in [0.29, 0.717) is 5.41 Å². The van der Waals surface area contributed by atoms with E-state index in [1.807, 2.05) is 25.7 Å². The second-order valence-electron chi connectivity index (χ2n) is 8.23. The summed E-state index contributed by atoms with van der Waals surface area (Å²) in [5, 5.41) is 0. The third kappa shape index (κ3) is 3.39. The van der Waals surface area contributed by atoms with Gasteiger partial charge in [0.15, 0.2) is 0 Å². The maximum absolute atomic E-state index is 12.2. The summed E-state index contributed by atoms with van der Waals surface area (Å²) in [6.45, 7) is 9.67. The average molecular weight is 315 g/mol. The van der Waals surface area contributed by atoms with E-state index in [4.69, 9.17) is 4.74 Å². The van der Waals surface area contributed by atoms with E-state index in [2.05, 4.69) is 25.1 Å². The average Bonchev–Trinajstić information content (AvgIpc) is 2.83. The molecule has 1 heterocycles. The normalized spacial score (nSPS) is 19.7. The van der Waals surface area contributed by atoms with Crippen molar-refractivity contribution < 1.29 is 9.53 Å². The van der Waals surface area contributed by atoms with Gasteiger partial charge in [-0.3, -0.25) is 0 Å². The molecule has 0 N–H and O–H groups in total. The van der Waals surface area contributed by atoms with Gasteiger partial charge >= 0.3 is 6.09 Å². The van der Waals surface area contributed by atoms with Crippen LogP contribution >= 0.6 is 0 Å². The number of ether oxygens (including phenoxy) is 1. The van der Waals surface area contributed by atoms with Crippen LogP contribution in [0.4, 0.5) is 4.79 Å². The van der Waals surface area contributed by atoms with Crippen LogP contribution < -0.4 is 0 Å². The van der Waals surface area contributed by atoms with E-state index in [1.54, 1.807) is 5.56 Å². The van der Waals surface area contributed by atoms with E-state index in [-0.39, 0.29) is 6.09 Å². The Labute approximate surface area is 140 Å². The number of fused-ring (bicyclic) bond motifs is 1. The summed E-state index contributed by atoms with van der Waals surface area (Å²) in [5.41, 5.74) is 4.59. The van der Waals surface area contributed by atoms with Crippen molar-refractivity contribution in [1.82, 2.24) is 4.90 Å². The number of hydrogen-bond acceptors (Lipinski definition) is 2. The number of nitrogens with zero attached hydrogens (tertiary/aromatic N) is 1. The van der Waals surface area contributed by atoms with Crippen LogP contribution in [0, 0.1) is 5.41 Å². The molecule has 1 spiro atoms. The van der Waals surface area contributed by atoms with E-state index >= 15 is 0 Å². The van der Waals surface area contributed by atoms with Crippen molar-refractivity contribution >= 4 is 6.09 Å². The molecular formula is C20H29NO2. The molecule has 0 aromatic heterocycles. The third-order valence-corrected chi connectivity index (χ3v) is 5.34. The molecular weight excluding hydrogens is 286 g/mol. The summed E-state index contributed by atoms with van der Waals surface area (Å²) in [7, 11) is 0. The topological polar surface area (TPSA) is 29.5 Å². The van der Waals surface area contributed by atoms with Crippen molar-refractivity contribution in [2.24, 2.45) is 5.41 Å². The van der Waals surface area contributed by atoms with Gasteiger partial charge in [-0.25, -0.2) is 4.79 Å². The molecule has 1 aromatic rings. The second kappa shape index (κ2) is 5.85. The molecule has 126 valence electrons. The van der Waals surface area contributed by atoms with Crippen molar-refractivity contribution in [2.45, 2.75) is 65.4 Å². The first-order valence-electron chi connectivity index (χ1n) is 8.89. The molecule has 1 aliphatic carbocycles. The fourth-order valence-electron chi connectivity index (χ4n) is 4.10. The zero-order chi connectivity index (χ0) is 16.7. The van der Waals surface area contributed by atoms with E-state index in [9.17, 15) is 4.79 Å². The van der Waals surface area contributed by atoms with Crippen LogP contribution in [0.25, 0.3) is 0 Å². The zero-order valence-electron chi connectivity index (χ0n) is 14.9. The Morgan fingerprint density at radius 3 is 2.52 bits per heavy atom. The number of hydrogen-bond donors (Lipinski definition) is 0. The van der Waals surface area contributed by atoms with Crippen LogP contribution in [0.5, 0.6) is 0 Å². The number of aryl methyl sites for hydroxylation is 1.